The van der Waals surface area contributed by atoms with Crippen molar-refractivity contribution in [3.63, 3.8) is 0 Å². The third kappa shape index (κ3) is 5.16. The fraction of sp³-hybridized carbons (Fsp3) is 0.545. The van der Waals surface area contributed by atoms with Crippen molar-refractivity contribution in [2.75, 3.05) is 13.1 Å². The lowest BCUT2D eigenvalue weighted by atomic mass is 9.69. The van der Waals surface area contributed by atoms with Gasteiger partial charge in [0.05, 0.1) is 6.54 Å². The summed E-state index contributed by atoms with van der Waals surface area (Å²) in [4.78, 5) is 25.2. The summed E-state index contributed by atoms with van der Waals surface area (Å²) < 4.78 is 5.30. The van der Waals surface area contributed by atoms with Crippen LogP contribution >= 0.6 is 0 Å². The minimum Gasteiger partial charge on any atom is -0.480 e. The van der Waals surface area contributed by atoms with Crippen LogP contribution in [0.3, 0.4) is 0 Å². The summed E-state index contributed by atoms with van der Waals surface area (Å²) in [7, 11) is 0. The Kier molecular flexibility index (Phi) is 6.16. The highest BCUT2D eigenvalue weighted by molar-refractivity contribution is 5.73. The molecule has 1 aliphatic heterocycles. The lowest BCUT2D eigenvalue weighted by molar-refractivity contribution is -0.141. The van der Waals surface area contributed by atoms with Crippen LogP contribution in [0.1, 0.15) is 37.0 Å². The van der Waals surface area contributed by atoms with Gasteiger partial charge in [0.15, 0.2) is 5.76 Å². The summed E-state index contributed by atoms with van der Waals surface area (Å²) in [5.74, 6) is 1.50. The Balaban J connectivity index is 1.42. The van der Waals surface area contributed by atoms with Crippen molar-refractivity contribution in [1.29, 1.82) is 0 Å². The predicted octanol–water partition coefficient (Wildman–Crippen LogP) is 2.45. The number of fused-ring (bicyclic) bond motifs is 1. The zero-order valence-electron chi connectivity index (χ0n) is 16.5. The first kappa shape index (κ1) is 19.9. The molecule has 2 aromatic rings. The fourth-order valence-corrected chi connectivity index (χ4v) is 5.03. The molecule has 1 aromatic heterocycles. The Labute approximate surface area is 170 Å². The number of hydrogen-bond acceptors (Lipinski definition) is 5. The molecule has 0 spiro atoms. The average molecular weight is 399 g/mol. The van der Waals surface area contributed by atoms with Crippen molar-refractivity contribution >= 4 is 5.97 Å². The van der Waals surface area contributed by atoms with Gasteiger partial charge in [-0.2, -0.15) is 5.16 Å². The first-order chi connectivity index (χ1) is 14.1. The van der Waals surface area contributed by atoms with Gasteiger partial charge >= 0.3 is 5.97 Å². The van der Waals surface area contributed by atoms with Gasteiger partial charge in [-0.1, -0.05) is 30.3 Å². The van der Waals surface area contributed by atoms with Gasteiger partial charge < -0.3 is 14.9 Å². The van der Waals surface area contributed by atoms with E-state index in [9.17, 15) is 14.7 Å². The number of rotatable bonds is 7. The molecule has 2 aliphatic rings. The van der Waals surface area contributed by atoms with Crippen LogP contribution in [0, 0.1) is 17.8 Å². The van der Waals surface area contributed by atoms with E-state index in [4.69, 9.17) is 4.52 Å². The first-order valence-corrected chi connectivity index (χ1v) is 10.5. The van der Waals surface area contributed by atoms with Gasteiger partial charge in [0.2, 0.25) is 0 Å². The second-order valence-electron chi connectivity index (χ2n) is 8.57. The largest absolute Gasteiger partial charge is 0.480 e. The molecule has 156 valence electrons. The van der Waals surface area contributed by atoms with Crippen molar-refractivity contribution in [2.45, 2.75) is 44.8 Å². The van der Waals surface area contributed by atoms with E-state index in [0.29, 0.717) is 30.1 Å². The normalized spacial score (nSPS) is 26.9. The molecule has 3 N–H and O–H groups in total. The summed E-state index contributed by atoms with van der Waals surface area (Å²) in [5, 5.41) is 14.9. The van der Waals surface area contributed by atoms with Crippen molar-refractivity contribution < 1.29 is 14.4 Å². The predicted molar refractivity (Wildman–Crippen MR) is 108 cm³/mol. The molecule has 2 fully saturated rings. The van der Waals surface area contributed by atoms with Gasteiger partial charge in [0, 0.05) is 19.2 Å². The lowest BCUT2D eigenvalue weighted by Gasteiger charge is -2.42. The molecule has 7 nitrogen and oxygen atoms in total. The lowest BCUT2D eigenvalue weighted by Crippen LogP contribution is -2.50. The molecule has 1 saturated carbocycles. The molecule has 1 aromatic carbocycles. The highest BCUT2D eigenvalue weighted by atomic mass is 16.5. The zero-order valence-corrected chi connectivity index (χ0v) is 16.5. The van der Waals surface area contributed by atoms with Gasteiger partial charge in [0.25, 0.3) is 5.56 Å². The van der Waals surface area contributed by atoms with Gasteiger partial charge in [-0.25, -0.2) is 0 Å². The van der Waals surface area contributed by atoms with E-state index < -0.39 is 12.0 Å². The molecule has 4 rings (SSSR count). The number of carboxylic acids is 1. The smallest absolute Gasteiger partial charge is 0.320 e. The van der Waals surface area contributed by atoms with Gasteiger partial charge in [0.1, 0.15) is 6.04 Å². The Morgan fingerprint density at radius 3 is 2.69 bits per heavy atom. The van der Waals surface area contributed by atoms with Gasteiger partial charge in [-0.15, -0.1) is 0 Å². The Hall–Kier alpha value is -2.38. The molecule has 0 unspecified atom stereocenters. The first-order valence-electron chi connectivity index (χ1n) is 10.5. The van der Waals surface area contributed by atoms with Gasteiger partial charge in [-0.3, -0.25) is 14.5 Å². The third-order valence-electron chi connectivity index (χ3n) is 6.43. The Morgan fingerprint density at radius 2 is 1.97 bits per heavy atom. The van der Waals surface area contributed by atoms with Crippen LogP contribution in [0.15, 0.2) is 45.7 Å². The van der Waals surface area contributed by atoms with Crippen LogP contribution in [-0.4, -0.2) is 40.3 Å². The van der Waals surface area contributed by atoms with Crippen molar-refractivity contribution in [3.8, 4) is 0 Å². The molecule has 2 heterocycles. The van der Waals surface area contributed by atoms with Crippen molar-refractivity contribution in [2.24, 2.45) is 17.8 Å². The van der Waals surface area contributed by atoms with Crippen LogP contribution < -0.4 is 10.9 Å². The number of benzene rings is 1. The Morgan fingerprint density at radius 1 is 1.14 bits per heavy atom. The highest BCUT2D eigenvalue weighted by Gasteiger charge is 2.38. The number of piperidine rings is 1. The molecule has 4 atom stereocenters. The maximum absolute atomic E-state index is 11.4. The highest BCUT2D eigenvalue weighted by Crippen LogP contribution is 2.39. The minimum absolute atomic E-state index is 0.213. The van der Waals surface area contributed by atoms with E-state index in [-0.39, 0.29) is 5.56 Å². The van der Waals surface area contributed by atoms with E-state index in [1.807, 2.05) is 18.2 Å². The number of aromatic nitrogens is 1. The Bertz CT molecular complexity index is 862. The minimum atomic E-state index is -0.737. The van der Waals surface area contributed by atoms with Crippen molar-refractivity contribution in [3.05, 3.63) is 58.1 Å². The summed E-state index contributed by atoms with van der Waals surface area (Å²) in [6, 6.07) is 11.4. The number of aliphatic carboxylic acids is 1. The van der Waals surface area contributed by atoms with E-state index in [2.05, 4.69) is 27.5 Å². The second-order valence-corrected chi connectivity index (χ2v) is 8.57. The average Bonchev–Trinajstić information content (AvgIpc) is 3.12. The zero-order chi connectivity index (χ0) is 20.2. The number of aromatic amines is 1. The molecule has 0 radical (unpaired) electrons. The standard InChI is InChI=1S/C22H29N3O4/c26-21-10-19(29-24-21)14-25(12-15-4-2-1-3-5-15)13-16-6-7-17-11-23-20(22(27)28)9-18(17)8-16/h1-5,10,16-18,20,23H,6-9,11-14H2,(H,24,26)(H,27,28)/t16-,17-,18+,20-/m0/s1. The monoisotopic (exact) mass is 399 g/mol. The third-order valence-corrected chi connectivity index (χ3v) is 6.43. The summed E-state index contributed by atoms with van der Waals surface area (Å²) >= 11 is 0. The molecular formula is C22H29N3O4. The molecule has 29 heavy (non-hydrogen) atoms. The molecular weight excluding hydrogens is 370 g/mol. The van der Waals surface area contributed by atoms with Crippen LogP contribution in [0.4, 0.5) is 0 Å². The number of H-pyrrole nitrogens is 1. The van der Waals surface area contributed by atoms with E-state index in [0.717, 1.165) is 45.3 Å². The molecule has 0 bridgehead atoms. The van der Waals surface area contributed by atoms with Crippen LogP contribution in [0.2, 0.25) is 0 Å². The molecule has 0 amide bonds. The maximum atomic E-state index is 11.4. The van der Waals surface area contributed by atoms with E-state index in [1.54, 1.807) is 0 Å². The summed E-state index contributed by atoms with van der Waals surface area (Å²) in [5.41, 5.74) is 1.02. The molecule has 1 saturated heterocycles. The summed E-state index contributed by atoms with van der Waals surface area (Å²) in [6.07, 6.45) is 4.09. The fourth-order valence-electron chi connectivity index (χ4n) is 5.03. The van der Waals surface area contributed by atoms with Crippen LogP contribution in [0.25, 0.3) is 0 Å². The van der Waals surface area contributed by atoms with Crippen LogP contribution in [-0.2, 0) is 17.9 Å². The van der Waals surface area contributed by atoms with Crippen molar-refractivity contribution in [1.82, 2.24) is 15.4 Å². The second kappa shape index (κ2) is 8.97. The number of nitrogens with zero attached hydrogens (tertiary/aromatic N) is 1. The number of carbonyl (C=O) groups is 1. The number of carboxylic acid groups (broad SMARTS) is 1. The summed E-state index contributed by atoms with van der Waals surface area (Å²) in [6.45, 7) is 3.10. The maximum Gasteiger partial charge on any atom is 0.320 e. The SMILES string of the molecule is O=C(O)[C@@H]1C[C@H]2C[C@@H](CN(Cc3ccccc3)Cc3cc(=O)[nH]o3)CC[C@H]2CN1. The molecule has 1 aliphatic carbocycles. The topological polar surface area (TPSA) is 98.6 Å². The van der Waals surface area contributed by atoms with E-state index >= 15 is 0 Å². The quantitative estimate of drug-likeness (QED) is 0.662. The number of hydrogen-bond donors (Lipinski definition) is 3. The van der Waals surface area contributed by atoms with E-state index in [1.165, 1.54) is 11.6 Å². The van der Waals surface area contributed by atoms with Crippen LogP contribution in [0.5, 0.6) is 0 Å². The molecule has 7 heteroatoms. The number of nitrogens with one attached hydrogen (secondary N) is 2. The van der Waals surface area contributed by atoms with Gasteiger partial charge in [-0.05, 0) is 55.5 Å².